The zero-order valence-corrected chi connectivity index (χ0v) is 10.5. The highest BCUT2D eigenvalue weighted by atomic mass is 19.4. The summed E-state index contributed by atoms with van der Waals surface area (Å²) in [4.78, 5) is 7.18. The minimum atomic E-state index is -4.52. The van der Waals surface area contributed by atoms with Crippen LogP contribution in [0.5, 0.6) is 0 Å². The van der Waals surface area contributed by atoms with Crippen LogP contribution in [0.1, 0.15) is 31.9 Å². The molecule has 2 rings (SSSR count). The molecule has 1 aliphatic rings. The van der Waals surface area contributed by atoms with Gasteiger partial charge in [-0.1, -0.05) is 13.3 Å². The zero-order chi connectivity index (χ0) is 14.0. The molecule has 1 aliphatic carbocycles. The summed E-state index contributed by atoms with van der Waals surface area (Å²) in [6, 6.07) is 1.10. The molecule has 0 amide bonds. The third kappa shape index (κ3) is 3.46. The van der Waals surface area contributed by atoms with Crippen molar-refractivity contribution in [1.29, 1.82) is 0 Å². The Morgan fingerprint density at radius 2 is 2.16 bits per heavy atom. The molecule has 1 heterocycles. The number of rotatable bonds is 5. The molecular weight excluding hydrogens is 259 g/mol. The lowest BCUT2D eigenvalue weighted by Crippen LogP contribution is -2.17. The minimum absolute atomic E-state index is 0.152. The van der Waals surface area contributed by atoms with Crippen LogP contribution in [-0.4, -0.2) is 16.0 Å². The fourth-order valence-corrected chi connectivity index (χ4v) is 2.04. The van der Waals surface area contributed by atoms with Crippen molar-refractivity contribution in [2.24, 2.45) is 11.8 Å². The van der Waals surface area contributed by atoms with Gasteiger partial charge in [-0.3, -0.25) is 5.43 Å². The molecule has 0 spiro atoms. The van der Waals surface area contributed by atoms with E-state index < -0.39 is 11.9 Å². The van der Waals surface area contributed by atoms with Gasteiger partial charge in [0, 0.05) is 12.1 Å². The van der Waals surface area contributed by atoms with Crippen LogP contribution in [0, 0.1) is 5.92 Å². The van der Waals surface area contributed by atoms with Gasteiger partial charge in [0.2, 0.25) is 5.95 Å². The van der Waals surface area contributed by atoms with Crippen LogP contribution in [-0.2, 0) is 6.18 Å². The Bertz CT molecular complexity index is 448. The number of nitrogens with one attached hydrogen (secondary N) is 2. The summed E-state index contributed by atoms with van der Waals surface area (Å²) >= 11 is 0. The van der Waals surface area contributed by atoms with Crippen LogP contribution in [0.15, 0.2) is 6.07 Å². The lowest BCUT2D eigenvalue weighted by atomic mass is 10.2. The molecule has 4 N–H and O–H groups in total. The molecule has 2 unspecified atom stereocenters. The summed E-state index contributed by atoms with van der Waals surface area (Å²) in [6.45, 7) is 2.08. The van der Waals surface area contributed by atoms with Crippen molar-refractivity contribution in [2.45, 2.75) is 38.4 Å². The Morgan fingerprint density at radius 3 is 2.74 bits per heavy atom. The molecule has 0 bridgehead atoms. The molecule has 0 aliphatic heterocycles. The molecule has 2 atom stereocenters. The first kappa shape index (κ1) is 13.9. The topological polar surface area (TPSA) is 75.9 Å². The average Bonchev–Trinajstić information content (AvgIpc) is 3.06. The summed E-state index contributed by atoms with van der Waals surface area (Å²) in [5.41, 5.74) is 1.04. The predicted molar refractivity (Wildman–Crippen MR) is 65.3 cm³/mol. The lowest BCUT2D eigenvalue weighted by molar-refractivity contribution is -0.141. The zero-order valence-electron chi connectivity index (χ0n) is 10.5. The molecule has 1 aromatic heterocycles. The smallest absolute Gasteiger partial charge is 0.367 e. The van der Waals surface area contributed by atoms with Crippen molar-refractivity contribution >= 4 is 11.8 Å². The fraction of sp³-hybridized carbons (Fsp3) is 0.636. The lowest BCUT2D eigenvalue weighted by Gasteiger charge is -2.11. The van der Waals surface area contributed by atoms with Crippen molar-refractivity contribution in [1.82, 2.24) is 9.97 Å². The van der Waals surface area contributed by atoms with Crippen LogP contribution in [0.2, 0.25) is 0 Å². The number of aromatic nitrogens is 2. The van der Waals surface area contributed by atoms with E-state index in [9.17, 15) is 13.2 Å². The average molecular weight is 275 g/mol. The van der Waals surface area contributed by atoms with Gasteiger partial charge in [0.25, 0.3) is 0 Å². The van der Waals surface area contributed by atoms with E-state index in [0.717, 1.165) is 25.3 Å². The second-order valence-corrected chi connectivity index (χ2v) is 4.64. The minimum Gasteiger partial charge on any atom is -0.367 e. The van der Waals surface area contributed by atoms with Crippen LogP contribution >= 0.6 is 0 Å². The number of nitrogen functional groups attached to an aromatic ring is 1. The molecule has 0 saturated heterocycles. The summed E-state index contributed by atoms with van der Waals surface area (Å²) < 4.78 is 37.9. The summed E-state index contributed by atoms with van der Waals surface area (Å²) in [5.74, 6) is 5.51. The molecule has 19 heavy (non-hydrogen) atoms. The number of anilines is 2. The molecule has 1 aromatic rings. The van der Waals surface area contributed by atoms with Crippen molar-refractivity contribution in [3.63, 3.8) is 0 Å². The normalized spacial score (nSPS) is 22.2. The summed E-state index contributed by atoms with van der Waals surface area (Å²) in [6.07, 6.45) is -1.42. The van der Waals surface area contributed by atoms with Gasteiger partial charge < -0.3 is 5.32 Å². The highest BCUT2D eigenvalue weighted by Gasteiger charge is 2.38. The largest absolute Gasteiger partial charge is 0.433 e. The predicted octanol–water partition coefficient (Wildman–Crippen LogP) is 2.38. The van der Waals surface area contributed by atoms with Crippen LogP contribution < -0.4 is 16.6 Å². The highest BCUT2D eigenvalue weighted by molar-refractivity contribution is 5.44. The first-order valence-corrected chi connectivity index (χ1v) is 6.13. The van der Waals surface area contributed by atoms with Crippen molar-refractivity contribution in [3.8, 4) is 0 Å². The fourth-order valence-electron chi connectivity index (χ4n) is 2.04. The Hall–Kier alpha value is -1.57. The van der Waals surface area contributed by atoms with Gasteiger partial charge in [-0.05, 0) is 18.8 Å². The number of hydrazine groups is 1. The van der Waals surface area contributed by atoms with Gasteiger partial charge in [-0.25, -0.2) is 10.8 Å². The van der Waals surface area contributed by atoms with E-state index in [-0.39, 0.29) is 17.8 Å². The molecular formula is C11H16F3N5. The third-order valence-electron chi connectivity index (χ3n) is 3.06. The Labute approximate surface area is 108 Å². The van der Waals surface area contributed by atoms with E-state index in [1.807, 2.05) is 5.43 Å². The molecule has 106 valence electrons. The van der Waals surface area contributed by atoms with E-state index in [4.69, 9.17) is 5.84 Å². The van der Waals surface area contributed by atoms with Crippen molar-refractivity contribution < 1.29 is 13.2 Å². The number of hydrogen-bond donors (Lipinski definition) is 3. The molecule has 1 saturated carbocycles. The first-order valence-electron chi connectivity index (χ1n) is 6.13. The van der Waals surface area contributed by atoms with E-state index in [2.05, 4.69) is 22.2 Å². The Kier molecular flexibility index (Phi) is 3.79. The second kappa shape index (κ2) is 5.20. The van der Waals surface area contributed by atoms with Crippen LogP contribution in [0.4, 0.5) is 24.9 Å². The molecule has 0 radical (unpaired) electrons. The number of alkyl halides is 3. The van der Waals surface area contributed by atoms with E-state index in [0.29, 0.717) is 5.92 Å². The Morgan fingerprint density at radius 1 is 1.42 bits per heavy atom. The summed E-state index contributed by atoms with van der Waals surface area (Å²) in [5, 5.41) is 2.99. The van der Waals surface area contributed by atoms with Gasteiger partial charge >= 0.3 is 6.18 Å². The summed E-state index contributed by atoms with van der Waals surface area (Å²) in [7, 11) is 0. The van der Waals surface area contributed by atoms with Gasteiger partial charge in [0.1, 0.15) is 5.82 Å². The SMILES string of the molecule is CCCC1CC1Nc1cc(C(F)(F)F)nc(NN)n1. The van der Waals surface area contributed by atoms with Crippen LogP contribution in [0.25, 0.3) is 0 Å². The van der Waals surface area contributed by atoms with Crippen molar-refractivity contribution in [2.75, 3.05) is 10.7 Å². The maximum absolute atomic E-state index is 12.6. The molecule has 1 fully saturated rings. The van der Waals surface area contributed by atoms with Crippen molar-refractivity contribution in [3.05, 3.63) is 11.8 Å². The molecule has 0 aromatic carbocycles. The first-order chi connectivity index (χ1) is 8.94. The Balaban J connectivity index is 2.12. The highest BCUT2D eigenvalue weighted by Crippen LogP contribution is 2.37. The van der Waals surface area contributed by atoms with E-state index >= 15 is 0 Å². The van der Waals surface area contributed by atoms with Crippen LogP contribution in [0.3, 0.4) is 0 Å². The van der Waals surface area contributed by atoms with Gasteiger partial charge in [-0.15, -0.1) is 0 Å². The molecule has 5 nitrogen and oxygen atoms in total. The van der Waals surface area contributed by atoms with Gasteiger partial charge in [0.15, 0.2) is 5.69 Å². The monoisotopic (exact) mass is 275 g/mol. The van der Waals surface area contributed by atoms with E-state index in [1.165, 1.54) is 0 Å². The molecule has 8 heteroatoms. The third-order valence-corrected chi connectivity index (χ3v) is 3.06. The van der Waals surface area contributed by atoms with Gasteiger partial charge in [0.05, 0.1) is 0 Å². The maximum Gasteiger partial charge on any atom is 0.433 e. The van der Waals surface area contributed by atoms with Gasteiger partial charge in [-0.2, -0.15) is 18.2 Å². The number of hydrogen-bond acceptors (Lipinski definition) is 5. The number of nitrogens with zero attached hydrogens (tertiary/aromatic N) is 2. The second-order valence-electron chi connectivity index (χ2n) is 4.64. The van der Waals surface area contributed by atoms with E-state index in [1.54, 1.807) is 0 Å². The standard InChI is InChI=1S/C11H16F3N5/c1-2-3-6-4-7(6)16-9-5-8(11(12,13)14)17-10(18-9)19-15/h5-7H,2-4,15H2,1H3,(H2,16,17,18,19). The number of halogens is 3. The number of nitrogens with two attached hydrogens (primary N) is 1. The maximum atomic E-state index is 12.6. The quantitative estimate of drug-likeness (QED) is 0.568.